The van der Waals surface area contributed by atoms with Crippen LogP contribution in [0.4, 0.5) is 18.9 Å². The van der Waals surface area contributed by atoms with Crippen molar-refractivity contribution in [2.75, 3.05) is 5.32 Å². The molecule has 2 nitrogen and oxygen atoms in total. The van der Waals surface area contributed by atoms with E-state index in [1.165, 1.54) is 0 Å². The van der Waals surface area contributed by atoms with Crippen LogP contribution in [-0.4, -0.2) is 5.91 Å². The summed E-state index contributed by atoms with van der Waals surface area (Å²) in [5.41, 5.74) is -0.336. The van der Waals surface area contributed by atoms with Gasteiger partial charge in [0.2, 0.25) is 5.91 Å². The Kier molecular flexibility index (Phi) is 4.54. The van der Waals surface area contributed by atoms with Crippen LogP contribution in [0.5, 0.6) is 0 Å². The number of rotatable bonds is 4. The Bertz CT molecular complexity index is 418. The average molecular weight is 245 g/mol. The minimum absolute atomic E-state index is 0.218. The molecule has 1 rings (SSSR count). The van der Waals surface area contributed by atoms with Crippen LogP contribution < -0.4 is 5.32 Å². The summed E-state index contributed by atoms with van der Waals surface area (Å²) in [6.07, 6.45) is 0.868. The van der Waals surface area contributed by atoms with Crippen LogP contribution in [-0.2, 0) is 4.79 Å². The fourth-order valence-corrected chi connectivity index (χ4v) is 1.25. The molecule has 0 saturated carbocycles. The molecule has 0 aromatic heterocycles. The average Bonchev–Trinajstić information content (AvgIpc) is 2.27. The third-order valence-electron chi connectivity index (χ3n) is 2.26. The van der Waals surface area contributed by atoms with Crippen molar-refractivity contribution < 1.29 is 18.0 Å². The summed E-state index contributed by atoms with van der Waals surface area (Å²) in [5, 5.41) is 2.21. The molecule has 1 aromatic rings. The quantitative estimate of drug-likeness (QED) is 0.808. The van der Waals surface area contributed by atoms with Crippen LogP contribution in [0.25, 0.3) is 0 Å². The second-order valence-corrected chi connectivity index (χ2v) is 4.20. The predicted molar refractivity (Wildman–Crippen MR) is 59.0 cm³/mol. The molecule has 0 fully saturated rings. The molecule has 0 spiro atoms. The maximum atomic E-state index is 13.2. The van der Waals surface area contributed by atoms with Gasteiger partial charge in [-0.05, 0) is 24.5 Å². The highest BCUT2D eigenvalue weighted by molar-refractivity contribution is 5.90. The number of hydrogen-bond donors (Lipinski definition) is 1. The summed E-state index contributed by atoms with van der Waals surface area (Å²) in [4.78, 5) is 11.4. The molecule has 94 valence electrons. The van der Waals surface area contributed by atoms with Crippen molar-refractivity contribution in [1.82, 2.24) is 0 Å². The lowest BCUT2D eigenvalue weighted by atomic mass is 10.1. The minimum Gasteiger partial charge on any atom is -0.324 e. The molecule has 1 aromatic carbocycles. The summed E-state index contributed by atoms with van der Waals surface area (Å²) in [6, 6.07) is 1.78. The first-order valence-electron chi connectivity index (χ1n) is 5.35. The van der Waals surface area contributed by atoms with E-state index in [4.69, 9.17) is 0 Å². The molecule has 1 amide bonds. The van der Waals surface area contributed by atoms with E-state index >= 15 is 0 Å². The van der Waals surface area contributed by atoms with Crippen molar-refractivity contribution in [3.8, 4) is 0 Å². The lowest BCUT2D eigenvalue weighted by Gasteiger charge is -2.08. The van der Waals surface area contributed by atoms with Crippen LogP contribution in [0.15, 0.2) is 12.1 Å². The van der Waals surface area contributed by atoms with Crippen molar-refractivity contribution in [1.29, 1.82) is 0 Å². The highest BCUT2D eigenvalue weighted by atomic mass is 19.2. The maximum Gasteiger partial charge on any atom is 0.224 e. The topological polar surface area (TPSA) is 29.1 Å². The molecule has 0 unspecified atom stereocenters. The second-order valence-electron chi connectivity index (χ2n) is 4.20. The number of carbonyl (C=O) groups excluding carboxylic acids is 1. The van der Waals surface area contributed by atoms with Crippen molar-refractivity contribution in [3.63, 3.8) is 0 Å². The summed E-state index contributed by atoms with van der Waals surface area (Å²) >= 11 is 0. The van der Waals surface area contributed by atoms with E-state index in [9.17, 15) is 18.0 Å². The zero-order valence-corrected chi connectivity index (χ0v) is 9.69. The number of amides is 1. The van der Waals surface area contributed by atoms with Crippen LogP contribution in [0.3, 0.4) is 0 Å². The lowest BCUT2D eigenvalue weighted by molar-refractivity contribution is -0.116. The van der Waals surface area contributed by atoms with Crippen LogP contribution in [0, 0.1) is 23.4 Å². The van der Waals surface area contributed by atoms with Gasteiger partial charge in [0.25, 0.3) is 0 Å². The Morgan fingerprint density at radius 2 is 1.88 bits per heavy atom. The number of halogens is 3. The monoisotopic (exact) mass is 245 g/mol. The van der Waals surface area contributed by atoms with Crippen molar-refractivity contribution in [2.24, 2.45) is 5.92 Å². The van der Waals surface area contributed by atoms with Crippen LogP contribution in [0.1, 0.15) is 26.7 Å². The molecule has 0 bridgehead atoms. The standard InChI is InChI=1S/C12H14F3NO/c1-7(2)3-6-10(17)16-9-5-4-8(13)11(14)12(9)15/h4-5,7H,3,6H2,1-2H3,(H,16,17). The number of nitrogens with one attached hydrogen (secondary N) is 1. The van der Waals surface area contributed by atoms with Gasteiger partial charge in [0.05, 0.1) is 5.69 Å². The fraction of sp³-hybridized carbons (Fsp3) is 0.417. The summed E-state index contributed by atoms with van der Waals surface area (Å²) in [7, 11) is 0. The van der Waals surface area contributed by atoms with E-state index in [1.54, 1.807) is 0 Å². The highest BCUT2D eigenvalue weighted by Gasteiger charge is 2.15. The largest absolute Gasteiger partial charge is 0.324 e. The fourth-order valence-electron chi connectivity index (χ4n) is 1.25. The molecular weight excluding hydrogens is 231 g/mol. The number of hydrogen-bond acceptors (Lipinski definition) is 1. The maximum absolute atomic E-state index is 13.2. The van der Waals surface area contributed by atoms with Gasteiger partial charge in [-0.15, -0.1) is 0 Å². The molecule has 0 aliphatic carbocycles. The first kappa shape index (κ1) is 13.5. The molecular formula is C12H14F3NO. The summed E-state index contributed by atoms with van der Waals surface area (Å²) < 4.78 is 38.7. The molecule has 0 saturated heterocycles. The van der Waals surface area contributed by atoms with Crippen LogP contribution >= 0.6 is 0 Å². The Hall–Kier alpha value is -1.52. The third kappa shape index (κ3) is 3.76. The Morgan fingerprint density at radius 1 is 1.24 bits per heavy atom. The lowest BCUT2D eigenvalue weighted by Crippen LogP contribution is -2.14. The van der Waals surface area contributed by atoms with Gasteiger partial charge in [0, 0.05) is 6.42 Å². The highest BCUT2D eigenvalue weighted by Crippen LogP contribution is 2.20. The first-order chi connectivity index (χ1) is 7.91. The van der Waals surface area contributed by atoms with Gasteiger partial charge in [-0.25, -0.2) is 13.2 Å². The van der Waals surface area contributed by atoms with E-state index in [0.29, 0.717) is 12.3 Å². The number of carbonyl (C=O) groups is 1. The van der Waals surface area contributed by atoms with Gasteiger partial charge in [-0.3, -0.25) is 4.79 Å². The van der Waals surface area contributed by atoms with Crippen molar-refractivity contribution in [2.45, 2.75) is 26.7 Å². The van der Waals surface area contributed by atoms with E-state index in [2.05, 4.69) is 5.32 Å². The van der Waals surface area contributed by atoms with E-state index in [0.717, 1.165) is 12.1 Å². The smallest absolute Gasteiger partial charge is 0.224 e. The Balaban J connectivity index is 2.69. The molecule has 5 heteroatoms. The Labute approximate surface area is 97.8 Å². The van der Waals surface area contributed by atoms with Gasteiger partial charge in [-0.1, -0.05) is 13.8 Å². The predicted octanol–water partition coefficient (Wildman–Crippen LogP) is 3.48. The Morgan fingerprint density at radius 3 is 2.47 bits per heavy atom. The molecule has 0 heterocycles. The normalized spacial score (nSPS) is 10.7. The first-order valence-corrected chi connectivity index (χ1v) is 5.35. The van der Waals surface area contributed by atoms with Gasteiger partial charge in [0.15, 0.2) is 17.5 Å². The van der Waals surface area contributed by atoms with E-state index in [-0.39, 0.29) is 12.1 Å². The summed E-state index contributed by atoms with van der Waals surface area (Å²) in [6.45, 7) is 3.90. The molecule has 0 aliphatic rings. The zero-order valence-electron chi connectivity index (χ0n) is 9.69. The number of anilines is 1. The number of benzene rings is 1. The molecule has 0 aliphatic heterocycles. The molecule has 0 radical (unpaired) electrons. The van der Waals surface area contributed by atoms with Crippen molar-refractivity contribution >= 4 is 11.6 Å². The van der Waals surface area contributed by atoms with Crippen LogP contribution in [0.2, 0.25) is 0 Å². The minimum atomic E-state index is -1.58. The molecule has 0 atom stereocenters. The summed E-state index contributed by atoms with van der Waals surface area (Å²) in [5.74, 6) is -4.30. The van der Waals surface area contributed by atoms with Gasteiger partial charge in [-0.2, -0.15) is 0 Å². The van der Waals surface area contributed by atoms with Gasteiger partial charge >= 0.3 is 0 Å². The van der Waals surface area contributed by atoms with Crippen molar-refractivity contribution in [3.05, 3.63) is 29.6 Å². The van der Waals surface area contributed by atoms with Gasteiger partial charge < -0.3 is 5.32 Å². The zero-order chi connectivity index (χ0) is 13.0. The van der Waals surface area contributed by atoms with E-state index < -0.39 is 23.4 Å². The molecule has 17 heavy (non-hydrogen) atoms. The second kappa shape index (κ2) is 5.70. The van der Waals surface area contributed by atoms with E-state index in [1.807, 2.05) is 13.8 Å². The third-order valence-corrected chi connectivity index (χ3v) is 2.26. The SMILES string of the molecule is CC(C)CCC(=O)Nc1ccc(F)c(F)c1F. The van der Waals surface area contributed by atoms with Gasteiger partial charge in [0.1, 0.15) is 0 Å². The molecule has 1 N–H and O–H groups in total.